The molecule has 0 N–H and O–H groups in total. The van der Waals surface area contributed by atoms with Crippen LogP contribution in [0.15, 0.2) is 85.2 Å². The second-order valence-corrected chi connectivity index (χ2v) is 6.82. The summed E-state index contributed by atoms with van der Waals surface area (Å²) >= 11 is 1.44. The van der Waals surface area contributed by atoms with E-state index in [-0.39, 0.29) is 11.6 Å². The minimum Gasteiger partial charge on any atom is -0.463 e. The summed E-state index contributed by atoms with van der Waals surface area (Å²) in [6.45, 7) is 0.601. The molecule has 29 heavy (non-hydrogen) atoms. The van der Waals surface area contributed by atoms with Gasteiger partial charge in [-0.1, -0.05) is 30.3 Å². The molecule has 3 heterocycles. The molecule has 0 bridgehead atoms. The molecule has 0 aliphatic heterocycles. The summed E-state index contributed by atoms with van der Waals surface area (Å²) in [4.78, 5) is 15.5. The third-order valence-electron chi connectivity index (χ3n) is 4.04. The van der Waals surface area contributed by atoms with Gasteiger partial charge in [0.25, 0.3) is 0 Å². The van der Waals surface area contributed by atoms with Crippen LogP contribution in [0.1, 0.15) is 11.3 Å². The Kier molecular flexibility index (Phi) is 5.48. The lowest BCUT2D eigenvalue weighted by atomic mass is 10.2. The van der Waals surface area contributed by atoms with Gasteiger partial charge in [-0.05, 0) is 30.2 Å². The second-order valence-electron chi connectivity index (χ2n) is 5.99. The van der Waals surface area contributed by atoms with Crippen LogP contribution in [0.4, 0.5) is 5.88 Å². The van der Waals surface area contributed by atoms with E-state index in [0.29, 0.717) is 17.1 Å². The lowest BCUT2D eigenvalue weighted by Crippen LogP contribution is -2.13. The Balaban J connectivity index is 1.63. The summed E-state index contributed by atoms with van der Waals surface area (Å²) in [6.07, 6.45) is 3.81. The fourth-order valence-electron chi connectivity index (χ4n) is 2.66. The molecule has 3 aromatic heterocycles. The van der Waals surface area contributed by atoms with Gasteiger partial charge < -0.3 is 8.83 Å². The number of thiazole rings is 1. The van der Waals surface area contributed by atoms with Crippen LogP contribution in [0.25, 0.3) is 11.5 Å². The number of benzene rings is 1. The molecular formula is C20H16N4O4S. The zero-order chi connectivity index (χ0) is 20.1. The summed E-state index contributed by atoms with van der Waals surface area (Å²) in [6, 6.07) is 16.5. The van der Waals surface area contributed by atoms with Crippen molar-refractivity contribution in [2.75, 3.05) is 6.54 Å². The van der Waals surface area contributed by atoms with Gasteiger partial charge in [0.05, 0.1) is 18.5 Å². The molecule has 0 aliphatic carbocycles. The van der Waals surface area contributed by atoms with E-state index >= 15 is 0 Å². The Morgan fingerprint density at radius 3 is 2.72 bits per heavy atom. The SMILES string of the molecule is O=[N+]([O-])c1ccc(C=Nn2c(-c3ccco3)csc2=NCCc2ccccc2)o1. The van der Waals surface area contributed by atoms with Crippen molar-refractivity contribution in [1.82, 2.24) is 4.68 Å². The molecular weight excluding hydrogens is 392 g/mol. The summed E-state index contributed by atoms with van der Waals surface area (Å²) < 4.78 is 12.3. The number of rotatable bonds is 7. The van der Waals surface area contributed by atoms with Crippen molar-refractivity contribution in [2.45, 2.75) is 6.42 Å². The molecule has 0 fully saturated rings. The van der Waals surface area contributed by atoms with Crippen LogP contribution in [0.2, 0.25) is 0 Å². The standard InChI is InChI=1S/C20H16N4O4S/c25-24(26)19-9-8-16(28-19)13-22-23-17(18-7-4-12-27-18)14-29-20(23)21-11-10-15-5-2-1-3-6-15/h1-9,12-14H,10-11H2. The van der Waals surface area contributed by atoms with Gasteiger partial charge in [0.15, 0.2) is 11.5 Å². The second kappa shape index (κ2) is 8.53. The first-order valence-electron chi connectivity index (χ1n) is 8.78. The van der Waals surface area contributed by atoms with Crippen LogP contribution < -0.4 is 4.80 Å². The molecule has 146 valence electrons. The molecule has 0 spiro atoms. The molecule has 0 radical (unpaired) electrons. The van der Waals surface area contributed by atoms with Crippen molar-refractivity contribution in [3.63, 3.8) is 0 Å². The highest BCUT2D eigenvalue weighted by atomic mass is 32.1. The average Bonchev–Trinajstić information content (AvgIpc) is 3.48. The zero-order valence-electron chi connectivity index (χ0n) is 15.2. The largest absolute Gasteiger partial charge is 0.463 e. The lowest BCUT2D eigenvalue weighted by molar-refractivity contribution is -0.402. The molecule has 4 rings (SSSR count). The molecule has 0 unspecified atom stereocenters. The molecule has 0 aliphatic rings. The van der Waals surface area contributed by atoms with Crippen molar-refractivity contribution in [2.24, 2.45) is 10.1 Å². The predicted octanol–water partition coefficient (Wildman–Crippen LogP) is 4.34. The molecule has 0 saturated heterocycles. The Labute approximate surface area is 169 Å². The van der Waals surface area contributed by atoms with Crippen LogP contribution >= 0.6 is 11.3 Å². The van der Waals surface area contributed by atoms with Crippen molar-refractivity contribution in [1.29, 1.82) is 0 Å². The smallest absolute Gasteiger partial charge is 0.433 e. The first-order chi connectivity index (χ1) is 14.2. The third-order valence-corrected chi connectivity index (χ3v) is 4.90. The van der Waals surface area contributed by atoms with Crippen molar-refractivity contribution < 1.29 is 13.8 Å². The highest BCUT2D eigenvalue weighted by Gasteiger charge is 2.12. The maximum Gasteiger partial charge on any atom is 0.433 e. The monoisotopic (exact) mass is 408 g/mol. The van der Waals surface area contributed by atoms with Crippen LogP contribution in [0.3, 0.4) is 0 Å². The van der Waals surface area contributed by atoms with E-state index in [1.165, 1.54) is 35.2 Å². The fourth-order valence-corrected chi connectivity index (χ4v) is 3.51. The Bertz CT molecular complexity index is 1190. The average molecular weight is 408 g/mol. The quantitative estimate of drug-likeness (QED) is 0.258. The summed E-state index contributed by atoms with van der Waals surface area (Å²) in [5.41, 5.74) is 1.94. The van der Waals surface area contributed by atoms with Gasteiger partial charge in [0.1, 0.15) is 10.6 Å². The van der Waals surface area contributed by atoms with E-state index in [9.17, 15) is 10.1 Å². The fraction of sp³-hybridized carbons (Fsp3) is 0.100. The summed E-state index contributed by atoms with van der Waals surface area (Å²) in [7, 11) is 0. The van der Waals surface area contributed by atoms with Crippen molar-refractivity contribution in [3.8, 4) is 11.5 Å². The number of nitro groups is 1. The van der Waals surface area contributed by atoms with Gasteiger partial charge in [-0.3, -0.25) is 15.1 Å². The van der Waals surface area contributed by atoms with Crippen LogP contribution in [0, 0.1) is 10.1 Å². The maximum absolute atomic E-state index is 10.8. The normalized spacial score (nSPS) is 12.1. The van der Waals surface area contributed by atoms with Crippen LogP contribution in [0.5, 0.6) is 0 Å². The first kappa shape index (κ1) is 18.6. The first-order valence-corrected chi connectivity index (χ1v) is 9.66. The van der Waals surface area contributed by atoms with E-state index in [0.717, 1.165) is 12.1 Å². The van der Waals surface area contributed by atoms with E-state index in [1.54, 1.807) is 17.0 Å². The van der Waals surface area contributed by atoms with E-state index in [4.69, 9.17) is 8.83 Å². The number of aromatic nitrogens is 1. The predicted molar refractivity (Wildman–Crippen MR) is 109 cm³/mol. The third kappa shape index (κ3) is 4.41. The minimum atomic E-state index is -0.590. The summed E-state index contributed by atoms with van der Waals surface area (Å²) in [5.74, 6) is 0.588. The molecule has 1 aromatic carbocycles. The van der Waals surface area contributed by atoms with Crippen LogP contribution in [-0.4, -0.2) is 22.4 Å². The molecule has 9 heteroatoms. The minimum absolute atomic E-state index is 0.274. The van der Waals surface area contributed by atoms with Gasteiger partial charge >= 0.3 is 5.88 Å². The number of nitrogens with zero attached hydrogens (tertiary/aromatic N) is 4. The Morgan fingerprint density at radius 1 is 1.14 bits per heavy atom. The topological polar surface area (TPSA) is 99.1 Å². The van der Waals surface area contributed by atoms with Gasteiger partial charge in [-0.2, -0.15) is 5.10 Å². The van der Waals surface area contributed by atoms with Crippen molar-refractivity contribution >= 4 is 23.4 Å². The summed E-state index contributed by atoms with van der Waals surface area (Å²) in [5, 5.41) is 17.1. The molecule has 0 atom stereocenters. The van der Waals surface area contributed by atoms with Crippen molar-refractivity contribution in [3.05, 3.63) is 92.5 Å². The Morgan fingerprint density at radius 2 is 2.00 bits per heavy atom. The lowest BCUT2D eigenvalue weighted by Gasteiger charge is -2.00. The van der Waals surface area contributed by atoms with Crippen LogP contribution in [-0.2, 0) is 6.42 Å². The maximum atomic E-state index is 10.8. The molecule has 8 nitrogen and oxygen atoms in total. The number of furan rings is 2. The van der Waals surface area contributed by atoms with Gasteiger partial charge in [-0.25, -0.2) is 4.68 Å². The highest BCUT2D eigenvalue weighted by Crippen LogP contribution is 2.21. The van der Waals surface area contributed by atoms with Gasteiger partial charge in [-0.15, -0.1) is 11.3 Å². The van der Waals surface area contributed by atoms with E-state index in [2.05, 4.69) is 22.2 Å². The molecule has 0 amide bonds. The highest BCUT2D eigenvalue weighted by molar-refractivity contribution is 7.07. The van der Waals surface area contributed by atoms with Gasteiger partial charge in [0, 0.05) is 11.9 Å². The van der Waals surface area contributed by atoms with Gasteiger partial charge in [0.2, 0.25) is 4.80 Å². The molecule has 4 aromatic rings. The molecule has 0 saturated carbocycles. The van der Waals surface area contributed by atoms with E-state index < -0.39 is 4.92 Å². The zero-order valence-corrected chi connectivity index (χ0v) is 16.0. The number of hydrogen-bond donors (Lipinski definition) is 0. The Hall–Kier alpha value is -3.72. The number of hydrogen-bond acceptors (Lipinski definition) is 7. The van der Waals surface area contributed by atoms with E-state index in [1.807, 2.05) is 29.6 Å².